The van der Waals surface area contributed by atoms with E-state index >= 15 is 0 Å². The van der Waals surface area contributed by atoms with Gasteiger partial charge in [0.25, 0.3) is 5.91 Å². The largest absolute Gasteiger partial charge is 0.436 e. The zero-order valence-electron chi connectivity index (χ0n) is 23.4. The first-order valence-corrected chi connectivity index (χ1v) is 15.1. The van der Waals surface area contributed by atoms with Crippen molar-refractivity contribution < 1.29 is 19.1 Å². The number of nitrogens with two attached hydrogens (primary N) is 1. The molecule has 3 N–H and O–H groups in total. The summed E-state index contributed by atoms with van der Waals surface area (Å²) in [6.07, 6.45) is 1.81. The number of carbonyl (C=O) groups is 3. The molecule has 3 aliphatic rings. The highest BCUT2D eigenvalue weighted by atomic mass is 35.5. The van der Waals surface area contributed by atoms with Gasteiger partial charge < -0.3 is 25.6 Å². The van der Waals surface area contributed by atoms with Crippen LogP contribution < -0.4 is 11.1 Å². The minimum atomic E-state index is -0.988. The van der Waals surface area contributed by atoms with Gasteiger partial charge in [-0.3, -0.25) is 9.69 Å². The second-order valence-corrected chi connectivity index (χ2v) is 11.8. The highest BCUT2D eigenvalue weighted by Crippen LogP contribution is 2.26. The number of nitrogens with zero attached hydrogens (tertiary/aromatic N) is 4. The van der Waals surface area contributed by atoms with Crippen LogP contribution in [0.5, 0.6) is 0 Å². The molecule has 3 heterocycles. The Morgan fingerprint density at radius 1 is 0.952 bits per heavy atom. The second kappa shape index (κ2) is 13.8. The van der Waals surface area contributed by atoms with Crippen LogP contribution in [0.25, 0.3) is 0 Å². The second-order valence-electron chi connectivity index (χ2n) is 11.0. The lowest BCUT2D eigenvalue weighted by Crippen LogP contribution is -2.50. The fraction of sp³-hybridized carbons (Fsp3) is 0.467. The number of halogens is 2. The first-order chi connectivity index (χ1) is 20.3. The first kappa shape index (κ1) is 30.1. The summed E-state index contributed by atoms with van der Waals surface area (Å²) < 4.78 is 5.87. The third-order valence-corrected chi connectivity index (χ3v) is 8.92. The van der Waals surface area contributed by atoms with Crippen LogP contribution in [0.1, 0.15) is 36.8 Å². The number of rotatable bonds is 7. The Bertz CT molecular complexity index is 1310. The number of amides is 4. The molecule has 3 saturated heterocycles. The number of carbonyl (C=O) groups excluding carboxylic acids is 3. The number of hydrogen-bond donors (Lipinski definition) is 2. The van der Waals surface area contributed by atoms with Gasteiger partial charge in [-0.05, 0) is 56.5 Å². The maximum atomic E-state index is 13.6. The normalized spacial score (nSPS) is 20.6. The van der Waals surface area contributed by atoms with E-state index < -0.39 is 18.2 Å². The number of nitrogens with one attached hydrogen (secondary N) is 1. The predicted molar refractivity (Wildman–Crippen MR) is 162 cm³/mol. The summed E-state index contributed by atoms with van der Waals surface area (Å²) in [6.45, 7) is 4.15. The standard InChI is InChI=1S/C30H36Cl2N6O4/c31-24-8-7-20(17-25(24)32)18-26(28(39)38-16-11-23(19-38)36-12-4-13-36)42-30(41)37-14-9-22(10-15-37)34-29(40)35-27(33)21-5-2-1-3-6-21/h1-3,5-8,17,22-23,26H,4,9-16,18-19H2,(H3,33,34,35,40). The van der Waals surface area contributed by atoms with E-state index in [1.54, 1.807) is 35.2 Å². The number of piperidine rings is 1. The van der Waals surface area contributed by atoms with Gasteiger partial charge in [0.15, 0.2) is 6.10 Å². The molecule has 2 aromatic carbocycles. The number of benzene rings is 2. The van der Waals surface area contributed by atoms with Crippen molar-refractivity contribution >= 4 is 47.1 Å². The van der Waals surface area contributed by atoms with E-state index in [2.05, 4.69) is 15.2 Å². The number of hydrogen-bond acceptors (Lipinski definition) is 5. The Morgan fingerprint density at radius 2 is 1.67 bits per heavy atom. The molecule has 10 nitrogen and oxygen atoms in total. The molecule has 0 spiro atoms. The van der Waals surface area contributed by atoms with Crippen molar-refractivity contribution in [3.05, 3.63) is 69.7 Å². The van der Waals surface area contributed by atoms with Crippen LogP contribution in [0.4, 0.5) is 9.59 Å². The number of amidine groups is 1. The maximum Gasteiger partial charge on any atom is 0.410 e. The van der Waals surface area contributed by atoms with Crippen molar-refractivity contribution in [2.75, 3.05) is 39.3 Å². The lowest BCUT2D eigenvalue weighted by atomic mass is 10.1. The lowest BCUT2D eigenvalue weighted by Gasteiger charge is -2.36. The van der Waals surface area contributed by atoms with Crippen LogP contribution in [0, 0.1) is 0 Å². The number of urea groups is 1. The van der Waals surface area contributed by atoms with Crippen LogP contribution in [-0.2, 0) is 16.0 Å². The number of aliphatic imine (C=N–C) groups is 1. The van der Waals surface area contributed by atoms with Crippen LogP contribution in [0.3, 0.4) is 0 Å². The Hall–Kier alpha value is -3.34. The summed E-state index contributed by atoms with van der Waals surface area (Å²) in [6, 6.07) is 13.9. The van der Waals surface area contributed by atoms with Gasteiger partial charge >= 0.3 is 12.1 Å². The van der Waals surface area contributed by atoms with Crippen molar-refractivity contribution in [1.82, 2.24) is 20.0 Å². The molecule has 2 atom stereocenters. The molecule has 0 bridgehead atoms. The molecule has 3 fully saturated rings. The van der Waals surface area contributed by atoms with Crippen LogP contribution in [-0.4, -0.2) is 96.0 Å². The minimum Gasteiger partial charge on any atom is -0.436 e. The fourth-order valence-electron chi connectivity index (χ4n) is 5.60. The molecule has 0 radical (unpaired) electrons. The van der Waals surface area contributed by atoms with Gasteiger partial charge in [0.05, 0.1) is 10.0 Å². The monoisotopic (exact) mass is 614 g/mol. The summed E-state index contributed by atoms with van der Waals surface area (Å²) in [5, 5.41) is 3.66. The summed E-state index contributed by atoms with van der Waals surface area (Å²) in [5.41, 5.74) is 7.38. The molecule has 3 aliphatic heterocycles. The summed E-state index contributed by atoms with van der Waals surface area (Å²) >= 11 is 12.3. The van der Waals surface area contributed by atoms with Gasteiger partial charge in [-0.25, -0.2) is 9.59 Å². The van der Waals surface area contributed by atoms with Gasteiger partial charge in [0, 0.05) is 50.2 Å². The first-order valence-electron chi connectivity index (χ1n) is 14.4. The van der Waals surface area contributed by atoms with E-state index in [1.165, 1.54) is 6.42 Å². The maximum absolute atomic E-state index is 13.6. The summed E-state index contributed by atoms with van der Waals surface area (Å²) in [4.78, 5) is 49.0. The van der Waals surface area contributed by atoms with E-state index in [4.69, 9.17) is 33.7 Å². The smallest absolute Gasteiger partial charge is 0.410 e. The third kappa shape index (κ3) is 7.53. The summed E-state index contributed by atoms with van der Waals surface area (Å²) in [5.74, 6) is -0.0607. The molecule has 5 rings (SSSR count). The van der Waals surface area contributed by atoms with Crippen LogP contribution in [0.15, 0.2) is 53.5 Å². The molecule has 12 heteroatoms. The van der Waals surface area contributed by atoms with Crippen molar-refractivity contribution in [2.45, 2.75) is 50.3 Å². The average molecular weight is 616 g/mol. The Balaban J connectivity index is 1.17. The van der Waals surface area contributed by atoms with Crippen molar-refractivity contribution in [2.24, 2.45) is 10.7 Å². The Kier molecular flexibility index (Phi) is 9.87. The van der Waals surface area contributed by atoms with Crippen molar-refractivity contribution in [3.63, 3.8) is 0 Å². The molecule has 0 saturated carbocycles. The van der Waals surface area contributed by atoms with E-state index in [0.29, 0.717) is 60.7 Å². The Morgan fingerprint density at radius 3 is 2.33 bits per heavy atom. The van der Waals surface area contributed by atoms with Gasteiger partial charge in [0.2, 0.25) is 0 Å². The molecule has 0 aliphatic carbocycles. The SMILES string of the molecule is NC(=NC(=O)NC1CCN(C(=O)OC(Cc2ccc(Cl)c(Cl)c2)C(=O)N2CCC(N3CCC3)C2)CC1)c1ccccc1. The highest BCUT2D eigenvalue weighted by Gasteiger charge is 2.37. The van der Waals surface area contributed by atoms with Crippen LogP contribution >= 0.6 is 23.2 Å². The van der Waals surface area contributed by atoms with E-state index in [9.17, 15) is 14.4 Å². The lowest BCUT2D eigenvalue weighted by molar-refractivity contribution is -0.140. The molecular formula is C30H36Cl2N6O4. The molecule has 2 unspecified atom stereocenters. The van der Waals surface area contributed by atoms with Crippen LogP contribution in [0.2, 0.25) is 10.0 Å². The zero-order chi connectivity index (χ0) is 29.6. The van der Waals surface area contributed by atoms with Gasteiger partial charge in [-0.2, -0.15) is 4.99 Å². The molecule has 42 heavy (non-hydrogen) atoms. The molecule has 2 aromatic rings. The molecular weight excluding hydrogens is 579 g/mol. The number of likely N-dealkylation sites (tertiary alicyclic amines) is 3. The zero-order valence-corrected chi connectivity index (χ0v) is 24.9. The van der Waals surface area contributed by atoms with E-state index in [-0.39, 0.29) is 24.2 Å². The quantitative estimate of drug-likeness (QED) is 0.360. The van der Waals surface area contributed by atoms with Gasteiger partial charge in [-0.1, -0.05) is 59.6 Å². The summed E-state index contributed by atoms with van der Waals surface area (Å²) in [7, 11) is 0. The average Bonchev–Trinajstić information content (AvgIpc) is 3.43. The minimum absolute atomic E-state index is 0.140. The fourth-order valence-corrected chi connectivity index (χ4v) is 5.92. The molecule has 0 aromatic heterocycles. The third-order valence-electron chi connectivity index (χ3n) is 8.18. The highest BCUT2D eigenvalue weighted by molar-refractivity contribution is 6.42. The van der Waals surface area contributed by atoms with E-state index in [1.807, 2.05) is 23.1 Å². The van der Waals surface area contributed by atoms with Gasteiger partial charge in [0.1, 0.15) is 5.84 Å². The van der Waals surface area contributed by atoms with Crippen molar-refractivity contribution in [3.8, 4) is 0 Å². The Labute approximate surface area is 255 Å². The topological polar surface area (TPSA) is 121 Å². The van der Waals surface area contributed by atoms with Crippen molar-refractivity contribution in [1.29, 1.82) is 0 Å². The van der Waals surface area contributed by atoms with Gasteiger partial charge in [-0.15, -0.1) is 0 Å². The predicted octanol–water partition coefficient (Wildman–Crippen LogP) is 3.93. The van der Waals surface area contributed by atoms with E-state index in [0.717, 1.165) is 25.1 Å². The molecule has 4 amide bonds. The number of ether oxygens (including phenoxy) is 1. The molecule has 224 valence electrons.